The highest BCUT2D eigenvalue weighted by atomic mass is 32.1. The first-order valence-electron chi connectivity index (χ1n) is 4.13. The summed E-state index contributed by atoms with van der Waals surface area (Å²) in [5.74, 6) is 0.00288. The Bertz CT molecular complexity index is 636. The minimum Gasteiger partial charge on any atom is -0.369 e. The van der Waals surface area contributed by atoms with Crippen LogP contribution in [0.15, 0.2) is 22.2 Å². The summed E-state index contributed by atoms with van der Waals surface area (Å²) in [6.45, 7) is 3.84. The van der Waals surface area contributed by atoms with E-state index >= 15 is 0 Å². The van der Waals surface area contributed by atoms with Crippen molar-refractivity contribution < 1.29 is 0 Å². The van der Waals surface area contributed by atoms with Gasteiger partial charge >= 0.3 is 4.87 Å². The normalized spacial score (nSPS) is 10.7. The van der Waals surface area contributed by atoms with Gasteiger partial charge in [0.25, 0.3) is 5.56 Å². The molecule has 0 saturated heterocycles. The quantitative estimate of drug-likeness (QED) is 0.697. The molecule has 0 atom stereocenters. The van der Waals surface area contributed by atoms with E-state index < -0.39 is 0 Å². The Balaban J connectivity index is 2.92. The Hall–Kier alpha value is -1.89. The van der Waals surface area contributed by atoms with Crippen molar-refractivity contribution in [3.63, 3.8) is 0 Å². The number of nitrogens with zero attached hydrogens (tertiary/aromatic N) is 2. The van der Waals surface area contributed by atoms with Gasteiger partial charge in [0.05, 0.1) is 0 Å². The maximum absolute atomic E-state index is 11.5. The first-order valence-corrected chi connectivity index (χ1v) is 4.95. The molecule has 15 heavy (non-hydrogen) atoms. The lowest BCUT2D eigenvalue weighted by Crippen LogP contribution is -2.14. The highest BCUT2D eigenvalue weighted by molar-refractivity contribution is 7.16. The number of fused-ring (bicyclic) bond motifs is 1. The molecule has 0 spiro atoms. The summed E-state index contributed by atoms with van der Waals surface area (Å²) in [5, 5.41) is 0. The SMILES string of the molecule is C=CCn1c(=O)sc2c(=O)[nH]c(N)nc21. The fraction of sp³-hybridized carbons (Fsp3) is 0.125. The first kappa shape index (κ1) is 9.66. The molecular formula is C8H8N4O2S. The Morgan fingerprint density at radius 3 is 3.00 bits per heavy atom. The predicted molar refractivity (Wildman–Crippen MR) is 59.1 cm³/mol. The molecule has 0 radical (unpaired) electrons. The third-order valence-corrected chi connectivity index (χ3v) is 2.82. The minimum atomic E-state index is -0.387. The average Bonchev–Trinajstić information content (AvgIpc) is 2.46. The van der Waals surface area contributed by atoms with Gasteiger partial charge in [0.15, 0.2) is 5.65 Å². The van der Waals surface area contributed by atoms with Crippen LogP contribution in [-0.4, -0.2) is 14.5 Å². The number of nitrogens with two attached hydrogens (primary N) is 1. The molecule has 2 aromatic rings. The number of nitrogens with one attached hydrogen (secondary N) is 1. The standard InChI is InChI=1S/C8H8N4O2S/c1-2-3-12-5-4(15-8(12)14)6(13)11-7(9)10-5/h2H,1,3H2,(H3,9,10,11,13). The van der Waals surface area contributed by atoms with Gasteiger partial charge in [-0.1, -0.05) is 17.4 Å². The molecule has 2 heterocycles. The van der Waals surface area contributed by atoms with E-state index in [9.17, 15) is 9.59 Å². The molecule has 2 rings (SSSR count). The van der Waals surface area contributed by atoms with Crippen molar-refractivity contribution in [3.8, 4) is 0 Å². The number of thiazole rings is 1. The van der Waals surface area contributed by atoms with Crippen molar-refractivity contribution in [2.75, 3.05) is 5.73 Å². The van der Waals surface area contributed by atoms with E-state index in [-0.39, 0.29) is 21.1 Å². The Labute approximate surface area is 87.7 Å². The summed E-state index contributed by atoms with van der Waals surface area (Å²) in [5.41, 5.74) is 5.32. The fourth-order valence-electron chi connectivity index (χ4n) is 1.26. The lowest BCUT2D eigenvalue weighted by atomic mass is 10.5. The van der Waals surface area contributed by atoms with Crippen LogP contribution in [0, 0.1) is 0 Å². The number of aromatic nitrogens is 3. The molecule has 2 aromatic heterocycles. The van der Waals surface area contributed by atoms with Crippen LogP contribution in [0.5, 0.6) is 0 Å². The van der Waals surface area contributed by atoms with Gasteiger partial charge in [-0.25, -0.2) is 0 Å². The molecule has 6 nitrogen and oxygen atoms in total. The molecule has 0 amide bonds. The van der Waals surface area contributed by atoms with Crippen LogP contribution in [0.3, 0.4) is 0 Å². The second-order valence-electron chi connectivity index (χ2n) is 2.87. The highest BCUT2D eigenvalue weighted by Crippen LogP contribution is 2.10. The van der Waals surface area contributed by atoms with Crippen molar-refractivity contribution in [1.82, 2.24) is 14.5 Å². The largest absolute Gasteiger partial charge is 0.369 e. The van der Waals surface area contributed by atoms with Gasteiger partial charge in [0.2, 0.25) is 5.95 Å². The summed E-state index contributed by atoms with van der Waals surface area (Å²) in [4.78, 5) is 28.9. The van der Waals surface area contributed by atoms with Gasteiger partial charge in [-0.3, -0.25) is 19.1 Å². The molecule has 0 aromatic carbocycles. The predicted octanol–water partition coefficient (Wildman–Crippen LogP) is -0.0855. The van der Waals surface area contributed by atoms with Crippen LogP contribution < -0.4 is 16.2 Å². The molecule has 0 bridgehead atoms. The lowest BCUT2D eigenvalue weighted by Gasteiger charge is -1.97. The van der Waals surface area contributed by atoms with E-state index in [4.69, 9.17) is 5.73 Å². The summed E-state index contributed by atoms with van der Waals surface area (Å²) in [7, 11) is 0. The topological polar surface area (TPSA) is 93.8 Å². The zero-order valence-corrected chi connectivity index (χ0v) is 8.50. The van der Waals surface area contributed by atoms with Crippen molar-refractivity contribution in [2.24, 2.45) is 0 Å². The third-order valence-electron chi connectivity index (χ3n) is 1.85. The second-order valence-corrected chi connectivity index (χ2v) is 3.83. The second kappa shape index (κ2) is 3.35. The Morgan fingerprint density at radius 2 is 2.33 bits per heavy atom. The van der Waals surface area contributed by atoms with Crippen LogP contribution in [0.1, 0.15) is 0 Å². The number of hydrogen-bond donors (Lipinski definition) is 2. The van der Waals surface area contributed by atoms with Crippen molar-refractivity contribution in [3.05, 3.63) is 32.7 Å². The zero-order valence-electron chi connectivity index (χ0n) is 7.69. The van der Waals surface area contributed by atoms with E-state index in [1.54, 1.807) is 6.08 Å². The van der Waals surface area contributed by atoms with Crippen LogP contribution >= 0.6 is 11.3 Å². The number of aromatic amines is 1. The Kier molecular flexibility index (Phi) is 2.16. The molecule has 3 N–H and O–H groups in total. The van der Waals surface area contributed by atoms with Gasteiger partial charge in [-0.15, -0.1) is 6.58 Å². The molecular weight excluding hydrogens is 216 g/mol. The van der Waals surface area contributed by atoms with Crippen LogP contribution in [0.25, 0.3) is 10.3 Å². The van der Waals surface area contributed by atoms with E-state index in [1.165, 1.54) is 4.57 Å². The molecule has 0 aliphatic carbocycles. The fourth-order valence-corrected chi connectivity index (χ4v) is 2.10. The molecule has 0 saturated carbocycles. The lowest BCUT2D eigenvalue weighted by molar-refractivity contribution is 0.827. The van der Waals surface area contributed by atoms with E-state index in [0.29, 0.717) is 12.2 Å². The van der Waals surface area contributed by atoms with Gasteiger partial charge < -0.3 is 5.73 Å². The average molecular weight is 224 g/mol. The number of H-pyrrole nitrogens is 1. The van der Waals surface area contributed by atoms with E-state index in [0.717, 1.165) is 11.3 Å². The third kappa shape index (κ3) is 1.46. The molecule has 7 heteroatoms. The first-order chi connectivity index (χ1) is 7.13. The van der Waals surface area contributed by atoms with Crippen LogP contribution in [-0.2, 0) is 6.54 Å². The van der Waals surface area contributed by atoms with Crippen molar-refractivity contribution in [2.45, 2.75) is 6.54 Å². The summed E-state index contributed by atoms with van der Waals surface area (Å²) >= 11 is 0.852. The molecule has 0 aliphatic heterocycles. The smallest absolute Gasteiger partial charge is 0.309 e. The number of rotatable bonds is 2. The number of anilines is 1. The zero-order chi connectivity index (χ0) is 11.0. The van der Waals surface area contributed by atoms with Gasteiger partial charge in [-0.05, 0) is 0 Å². The number of nitrogen functional groups attached to an aromatic ring is 1. The summed E-state index contributed by atoms with van der Waals surface area (Å²) < 4.78 is 1.65. The molecule has 78 valence electrons. The van der Waals surface area contributed by atoms with Crippen molar-refractivity contribution >= 4 is 27.6 Å². The number of hydrogen-bond acceptors (Lipinski definition) is 5. The van der Waals surface area contributed by atoms with Gasteiger partial charge in [0.1, 0.15) is 4.70 Å². The van der Waals surface area contributed by atoms with Crippen molar-refractivity contribution in [1.29, 1.82) is 0 Å². The monoisotopic (exact) mass is 224 g/mol. The maximum Gasteiger partial charge on any atom is 0.309 e. The summed E-state index contributed by atoms with van der Waals surface area (Å²) in [6, 6.07) is 0. The minimum absolute atomic E-state index is 0.00288. The van der Waals surface area contributed by atoms with Crippen LogP contribution in [0.2, 0.25) is 0 Å². The number of allylic oxidation sites excluding steroid dienone is 1. The summed E-state index contributed by atoms with van der Waals surface area (Å²) in [6.07, 6.45) is 1.56. The van der Waals surface area contributed by atoms with E-state index in [2.05, 4.69) is 16.5 Å². The Morgan fingerprint density at radius 1 is 1.60 bits per heavy atom. The molecule has 0 aliphatic rings. The van der Waals surface area contributed by atoms with Gasteiger partial charge in [0, 0.05) is 6.54 Å². The maximum atomic E-state index is 11.5. The highest BCUT2D eigenvalue weighted by Gasteiger charge is 2.11. The van der Waals surface area contributed by atoms with E-state index in [1.807, 2.05) is 0 Å². The molecule has 0 unspecified atom stereocenters. The molecule has 0 fully saturated rings. The van der Waals surface area contributed by atoms with Crippen LogP contribution in [0.4, 0.5) is 5.95 Å². The van der Waals surface area contributed by atoms with Gasteiger partial charge in [-0.2, -0.15) is 4.98 Å².